The molecule has 9 nitrogen and oxygen atoms in total. The Bertz CT molecular complexity index is 2440. The van der Waals surface area contributed by atoms with Crippen molar-refractivity contribution in [3.05, 3.63) is 146 Å². The molecule has 0 atom stereocenters. The van der Waals surface area contributed by atoms with Crippen molar-refractivity contribution in [1.29, 1.82) is 0 Å². The normalized spacial score (nSPS) is 10.2. The van der Waals surface area contributed by atoms with Gasteiger partial charge in [-0.3, -0.25) is 14.4 Å². The zero-order valence-corrected chi connectivity index (χ0v) is 37.8. The molecule has 6 aromatic rings. The van der Waals surface area contributed by atoms with Crippen molar-refractivity contribution in [2.45, 2.75) is 126 Å². The predicted molar refractivity (Wildman–Crippen MR) is 290 cm³/mol. The molecule has 0 aliphatic rings. The summed E-state index contributed by atoms with van der Waals surface area (Å²) in [5.74, 6) is 0.835. The standard InChI is InChI=1S/3C18H20O3.6CH4/c1-4-18(2,3)17(20)21-14-10-11-16(19)15(12-14)13-8-6-5-7-9-13;1-4-18(2,3)17(20)21-16-11-10-14(19)12-15(16)13-8-6-5-7-9-13;1-4-18(2,3)17(20)21-14-10-11-15(16(19)12-14)13-8-6-5-7-9-13;;;;;;/h3*5-12,19H,4H2,1-3H3;6*1H4. The summed E-state index contributed by atoms with van der Waals surface area (Å²) < 4.78 is 16.3. The molecule has 0 heterocycles. The summed E-state index contributed by atoms with van der Waals surface area (Å²) in [4.78, 5) is 36.4. The van der Waals surface area contributed by atoms with Crippen LogP contribution in [0.2, 0.25) is 0 Å². The second-order valence-corrected chi connectivity index (χ2v) is 17.0. The summed E-state index contributed by atoms with van der Waals surface area (Å²) in [5.41, 5.74) is 3.16. The van der Waals surface area contributed by atoms with Crippen molar-refractivity contribution in [1.82, 2.24) is 0 Å². The maximum absolute atomic E-state index is 12.2. The SMILES string of the molecule is C.C.C.C.C.C.CCC(C)(C)C(=O)Oc1ccc(-c2ccccc2)c(O)c1.CCC(C)(C)C(=O)Oc1ccc(O)c(-c2ccccc2)c1.CCC(C)(C)C(=O)Oc1ccc(O)cc1-c1ccccc1. The number of aromatic hydroxyl groups is 3. The summed E-state index contributed by atoms with van der Waals surface area (Å²) in [5, 5.41) is 29.8. The van der Waals surface area contributed by atoms with Crippen LogP contribution >= 0.6 is 0 Å². The first-order chi connectivity index (χ1) is 29.8. The van der Waals surface area contributed by atoms with Gasteiger partial charge in [0.2, 0.25) is 0 Å². The van der Waals surface area contributed by atoms with Gasteiger partial charge >= 0.3 is 17.9 Å². The van der Waals surface area contributed by atoms with Crippen LogP contribution in [0, 0.1) is 16.2 Å². The van der Waals surface area contributed by atoms with Crippen molar-refractivity contribution in [2.24, 2.45) is 16.2 Å². The summed E-state index contributed by atoms with van der Waals surface area (Å²) in [6.45, 7) is 17.0. The van der Waals surface area contributed by atoms with Gasteiger partial charge in [-0.1, -0.05) is 156 Å². The van der Waals surface area contributed by atoms with Gasteiger partial charge in [-0.2, -0.15) is 0 Å². The van der Waals surface area contributed by atoms with Crippen molar-refractivity contribution >= 4 is 17.9 Å². The zero-order chi connectivity index (χ0) is 46.4. The Morgan fingerprint density at radius 3 is 1.16 bits per heavy atom. The van der Waals surface area contributed by atoms with E-state index in [-0.39, 0.29) is 79.7 Å². The molecule has 0 aromatic heterocycles. The van der Waals surface area contributed by atoms with E-state index in [0.717, 1.165) is 16.7 Å². The molecule has 0 aliphatic heterocycles. The number of esters is 3. The van der Waals surface area contributed by atoms with E-state index in [1.807, 2.05) is 153 Å². The minimum absolute atomic E-state index is 0. The zero-order valence-electron chi connectivity index (χ0n) is 37.8. The molecule has 9 heteroatoms. The van der Waals surface area contributed by atoms with Crippen LogP contribution in [0.25, 0.3) is 33.4 Å². The molecular formula is C60H84O9. The average molecular weight is 949 g/mol. The molecule has 0 saturated heterocycles. The van der Waals surface area contributed by atoms with Crippen LogP contribution in [-0.2, 0) is 14.4 Å². The van der Waals surface area contributed by atoms with Crippen molar-refractivity contribution in [3.8, 4) is 67.9 Å². The molecule has 3 N–H and O–H groups in total. The maximum Gasteiger partial charge on any atom is 0.316 e. The molecule has 6 aromatic carbocycles. The Kier molecular flexibility index (Phi) is 28.7. The Hall–Kier alpha value is -6.87. The maximum atomic E-state index is 12.2. The van der Waals surface area contributed by atoms with Crippen molar-refractivity contribution in [2.75, 3.05) is 0 Å². The van der Waals surface area contributed by atoms with E-state index < -0.39 is 16.2 Å². The second-order valence-electron chi connectivity index (χ2n) is 17.0. The fourth-order valence-corrected chi connectivity index (χ4v) is 5.48. The number of phenolic OH excluding ortho intramolecular Hbond substituents is 3. The highest BCUT2D eigenvalue weighted by Crippen LogP contribution is 2.37. The Morgan fingerprint density at radius 2 is 0.754 bits per heavy atom. The van der Waals surface area contributed by atoms with Crippen LogP contribution in [0.3, 0.4) is 0 Å². The summed E-state index contributed by atoms with van der Waals surface area (Å²) in [6.07, 6.45) is 2.10. The largest absolute Gasteiger partial charge is 0.508 e. The third-order valence-corrected chi connectivity index (χ3v) is 11.1. The van der Waals surface area contributed by atoms with Gasteiger partial charge in [-0.25, -0.2) is 0 Å². The molecule has 69 heavy (non-hydrogen) atoms. The lowest BCUT2D eigenvalue weighted by Gasteiger charge is -2.21. The summed E-state index contributed by atoms with van der Waals surface area (Å²) in [6, 6.07) is 43.2. The third-order valence-electron chi connectivity index (χ3n) is 11.1. The highest BCUT2D eigenvalue weighted by atomic mass is 16.5. The first-order valence-electron chi connectivity index (χ1n) is 21.1. The molecule has 0 spiro atoms. The van der Waals surface area contributed by atoms with E-state index in [0.29, 0.717) is 53.2 Å². The van der Waals surface area contributed by atoms with Crippen LogP contribution in [0.15, 0.2) is 146 Å². The van der Waals surface area contributed by atoms with Gasteiger partial charge in [0.1, 0.15) is 34.5 Å². The Balaban J connectivity index is -0.000000907. The molecule has 0 bridgehead atoms. The van der Waals surface area contributed by atoms with Crippen LogP contribution in [0.4, 0.5) is 0 Å². The summed E-state index contributed by atoms with van der Waals surface area (Å²) in [7, 11) is 0. The van der Waals surface area contributed by atoms with Crippen LogP contribution in [0.5, 0.6) is 34.5 Å². The number of benzene rings is 6. The van der Waals surface area contributed by atoms with E-state index in [4.69, 9.17) is 14.2 Å². The molecule has 0 aliphatic carbocycles. The first kappa shape index (κ1) is 66.4. The van der Waals surface area contributed by atoms with E-state index in [1.54, 1.807) is 42.5 Å². The van der Waals surface area contributed by atoms with E-state index in [9.17, 15) is 29.7 Å². The molecule has 0 saturated carbocycles. The van der Waals surface area contributed by atoms with Crippen LogP contribution in [0.1, 0.15) is 126 Å². The number of ether oxygens (including phenoxy) is 3. The lowest BCUT2D eigenvalue weighted by Crippen LogP contribution is -2.28. The van der Waals surface area contributed by atoms with Gasteiger partial charge in [0, 0.05) is 22.8 Å². The smallest absolute Gasteiger partial charge is 0.316 e. The topological polar surface area (TPSA) is 140 Å². The number of phenols is 3. The molecule has 0 unspecified atom stereocenters. The minimum Gasteiger partial charge on any atom is -0.508 e. The van der Waals surface area contributed by atoms with Crippen molar-refractivity contribution < 1.29 is 43.9 Å². The van der Waals surface area contributed by atoms with Gasteiger partial charge < -0.3 is 29.5 Å². The number of hydrogen-bond acceptors (Lipinski definition) is 9. The lowest BCUT2D eigenvalue weighted by molar-refractivity contribution is -0.144. The highest BCUT2D eigenvalue weighted by molar-refractivity contribution is 5.83. The highest BCUT2D eigenvalue weighted by Gasteiger charge is 2.30. The molecule has 378 valence electrons. The number of hydrogen-bond donors (Lipinski definition) is 3. The quantitative estimate of drug-likeness (QED) is 0.0808. The Labute approximate surface area is 416 Å². The number of carbonyl (C=O) groups is 3. The van der Waals surface area contributed by atoms with Crippen LogP contribution < -0.4 is 14.2 Å². The van der Waals surface area contributed by atoms with Gasteiger partial charge in [-0.05, 0) is 126 Å². The second kappa shape index (κ2) is 29.8. The fraction of sp³-hybridized carbons (Fsp3) is 0.350. The Morgan fingerprint density at radius 1 is 0.391 bits per heavy atom. The fourth-order valence-electron chi connectivity index (χ4n) is 5.48. The average Bonchev–Trinajstić information content (AvgIpc) is 3.28. The van der Waals surface area contributed by atoms with E-state index in [2.05, 4.69) is 0 Å². The number of carbonyl (C=O) groups excluding carboxylic acids is 3. The van der Waals surface area contributed by atoms with E-state index >= 15 is 0 Å². The number of rotatable bonds is 12. The molecular weight excluding hydrogens is 865 g/mol. The first-order valence-corrected chi connectivity index (χ1v) is 21.1. The van der Waals surface area contributed by atoms with Gasteiger partial charge in [-0.15, -0.1) is 0 Å². The van der Waals surface area contributed by atoms with Gasteiger partial charge in [0.25, 0.3) is 0 Å². The van der Waals surface area contributed by atoms with Crippen molar-refractivity contribution in [3.63, 3.8) is 0 Å². The molecule has 6 rings (SSSR count). The lowest BCUT2D eigenvalue weighted by atomic mass is 9.90. The van der Waals surface area contributed by atoms with Gasteiger partial charge in [0.15, 0.2) is 0 Å². The third kappa shape index (κ3) is 18.6. The van der Waals surface area contributed by atoms with Gasteiger partial charge in [0.05, 0.1) is 16.2 Å². The summed E-state index contributed by atoms with van der Waals surface area (Å²) >= 11 is 0. The molecule has 0 amide bonds. The molecule has 0 fully saturated rings. The monoisotopic (exact) mass is 949 g/mol. The van der Waals surface area contributed by atoms with E-state index in [1.165, 1.54) is 12.1 Å². The minimum atomic E-state index is -0.536. The predicted octanol–water partition coefficient (Wildman–Crippen LogP) is 17.0. The van der Waals surface area contributed by atoms with Crippen LogP contribution in [-0.4, -0.2) is 33.2 Å². The molecule has 0 radical (unpaired) electrons.